The van der Waals surface area contributed by atoms with E-state index in [1.807, 2.05) is 36.4 Å². The minimum atomic E-state index is 0.789. The lowest BCUT2D eigenvalue weighted by Crippen LogP contribution is -1.88. The van der Waals surface area contributed by atoms with Crippen LogP contribution in [0, 0.1) is 0 Å². The van der Waals surface area contributed by atoms with Gasteiger partial charge in [0.15, 0.2) is 5.65 Å². The van der Waals surface area contributed by atoms with Gasteiger partial charge in [-0.15, -0.1) is 0 Å². The Morgan fingerprint density at radius 1 is 1.00 bits per heavy atom. The average Bonchev–Trinajstić information content (AvgIpc) is 2.81. The zero-order chi connectivity index (χ0) is 12.8. The van der Waals surface area contributed by atoms with Crippen LogP contribution in [0.25, 0.3) is 33.1 Å². The first-order valence-corrected chi connectivity index (χ1v) is 6.07. The van der Waals surface area contributed by atoms with Crippen LogP contribution in [0.5, 0.6) is 5.75 Å². The first-order valence-electron chi connectivity index (χ1n) is 6.07. The number of para-hydroxylation sites is 1. The fraction of sp³-hybridized carbons (Fsp3) is 0.0667. The molecule has 0 saturated heterocycles. The summed E-state index contributed by atoms with van der Waals surface area (Å²) in [5, 5.41) is 1.10. The Morgan fingerprint density at radius 3 is 2.79 bits per heavy atom. The molecule has 0 fully saturated rings. The van der Waals surface area contributed by atoms with Crippen LogP contribution in [0.1, 0.15) is 0 Å². The number of hydrogen-bond acceptors (Lipinski definition) is 3. The summed E-state index contributed by atoms with van der Waals surface area (Å²) in [6.45, 7) is 0. The van der Waals surface area contributed by atoms with Crippen LogP contribution in [-0.2, 0) is 0 Å². The van der Waals surface area contributed by atoms with Crippen molar-refractivity contribution in [1.82, 2.24) is 15.0 Å². The van der Waals surface area contributed by atoms with Crippen LogP contribution in [0.4, 0.5) is 0 Å². The number of ether oxygens (including phenoxy) is 1. The van der Waals surface area contributed by atoms with E-state index in [1.165, 1.54) is 0 Å². The van der Waals surface area contributed by atoms with Gasteiger partial charge in [0.2, 0.25) is 0 Å². The van der Waals surface area contributed by atoms with Crippen LogP contribution in [-0.4, -0.2) is 22.1 Å². The number of aromatic nitrogens is 3. The van der Waals surface area contributed by atoms with Crippen molar-refractivity contribution in [2.24, 2.45) is 0 Å². The third-order valence-corrected chi connectivity index (χ3v) is 3.31. The second kappa shape index (κ2) is 3.68. The first-order chi connectivity index (χ1) is 9.35. The summed E-state index contributed by atoms with van der Waals surface area (Å²) < 4.78 is 5.22. The molecular formula is C15H11N3O. The maximum atomic E-state index is 5.22. The van der Waals surface area contributed by atoms with Gasteiger partial charge in [0.1, 0.15) is 11.3 Å². The van der Waals surface area contributed by atoms with E-state index in [9.17, 15) is 0 Å². The van der Waals surface area contributed by atoms with E-state index in [-0.39, 0.29) is 0 Å². The molecule has 0 aliphatic heterocycles. The minimum absolute atomic E-state index is 0.789. The van der Waals surface area contributed by atoms with E-state index in [2.05, 4.69) is 16.0 Å². The second-order valence-corrected chi connectivity index (χ2v) is 4.45. The van der Waals surface area contributed by atoms with Gasteiger partial charge in [0.05, 0.1) is 18.1 Å². The summed E-state index contributed by atoms with van der Waals surface area (Å²) in [7, 11) is 1.65. The number of H-pyrrole nitrogens is 1. The summed E-state index contributed by atoms with van der Waals surface area (Å²) >= 11 is 0. The summed E-state index contributed by atoms with van der Waals surface area (Å²) in [5.74, 6) is 0.789. The van der Waals surface area contributed by atoms with Gasteiger partial charge in [-0.05, 0) is 18.2 Å². The van der Waals surface area contributed by atoms with Crippen LogP contribution >= 0.6 is 0 Å². The highest BCUT2D eigenvalue weighted by Crippen LogP contribution is 2.25. The molecule has 4 rings (SSSR count). The fourth-order valence-corrected chi connectivity index (χ4v) is 2.36. The zero-order valence-corrected chi connectivity index (χ0v) is 10.3. The van der Waals surface area contributed by atoms with E-state index in [0.29, 0.717) is 0 Å². The molecule has 4 heteroatoms. The van der Waals surface area contributed by atoms with Crippen LogP contribution in [0.3, 0.4) is 0 Å². The largest absolute Gasteiger partial charge is 0.497 e. The van der Waals surface area contributed by atoms with Crippen molar-refractivity contribution in [3.8, 4) is 5.75 Å². The molecule has 0 atom stereocenters. The molecule has 0 aliphatic rings. The van der Waals surface area contributed by atoms with Crippen molar-refractivity contribution in [2.75, 3.05) is 7.11 Å². The molecule has 2 aromatic heterocycles. The third kappa shape index (κ3) is 1.46. The molecule has 0 amide bonds. The van der Waals surface area contributed by atoms with Crippen molar-refractivity contribution in [3.05, 3.63) is 42.5 Å². The van der Waals surface area contributed by atoms with E-state index in [1.54, 1.807) is 7.11 Å². The molecular weight excluding hydrogens is 238 g/mol. The Labute approximate surface area is 109 Å². The molecule has 0 saturated carbocycles. The smallest absolute Gasteiger partial charge is 0.157 e. The van der Waals surface area contributed by atoms with E-state index in [4.69, 9.17) is 9.72 Å². The van der Waals surface area contributed by atoms with Gasteiger partial charge in [0.25, 0.3) is 0 Å². The molecule has 2 heterocycles. The van der Waals surface area contributed by atoms with Gasteiger partial charge in [0, 0.05) is 17.0 Å². The normalized spacial score (nSPS) is 11.4. The molecule has 19 heavy (non-hydrogen) atoms. The maximum absolute atomic E-state index is 5.22. The van der Waals surface area contributed by atoms with Crippen molar-refractivity contribution >= 4 is 33.1 Å². The van der Waals surface area contributed by atoms with E-state index in [0.717, 1.165) is 38.8 Å². The Hall–Kier alpha value is -2.62. The molecule has 92 valence electrons. The highest BCUT2D eigenvalue weighted by atomic mass is 16.5. The lowest BCUT2D eigenvalue weighted by Gasteiger charge is -2.01. The summed E-state index contributed by atoms with van der Waals surface area (Å²) in [6.07, 6.45) is 0. The predicted octanol–water partition coefficient (Wildman–Crippen LogP) is 3.27. The van der Waals surface area contributed by atoms with Gasteiger partial charge in [-0.25, -0.2) is 9.97 Å². The molecule has 2 aromatic carbocycles. The number of methoxy groups -OCH3 is 1. The van der Waals surface area contributed by atoms with Gasteiger partial charge in [-0.2, -0.15) is 0 Å². The van der Waals surface area contributed by atoms with E-state index >= 15 is 0 Å². The number of rotatable bonds is 1. The standard InChI is InChI=1S/C15H11N3O/c1-19-9-6-7-12-13(8-9)18-15-14(16-12)10-4-2-3-5-11(10)17-15/h2-8H,1H3,(H,17,18). The minimum Gasteiger partial charge on any atom is -0.497 e. The number of nitrogens with one attached hydrogen (secondary N) is 1. The van der Waals surface area contributed by atoms with Crippen molar-refractivity contribution in [2.45, 2.75) is 0 Å². The molecule has 1 N–H and O–H groups in total. The topological polar surface area (TPSA) is 50.8 Å². The molecule has 4 nitrogen and oxygen atoms in total. The lowest BCUT2D eigenvalue weighted by atomic mass is 10.2. The number of nitrogens with zero attached hydrogens (tertiary/aromatic N) is 2. The Balaban J connectivity index is 2.15. The first kappa shape index (κ1) is 10.3. The molecule has 0 bridgehead atoms. The monoisotopic (exact) mass is 249 g/mol. The SMILES string of the molecule is COc1ccc2nc3c(nc2c1)[nH]c1ccccc13. The van der Waals surface area contributed by atoms with Gasteiger partial charge in [-0.1, -0.05) is 18.2 Å². The number of hydrogen-bond donors (Lipinski definition) is 1. The molecule has 0 aliphatic carbocycles. The summed E-state index contributed by atoms with van der Waals surface area (Å²) in [5.41, 5.74) is 4.48. The lowest BCUT2D eigenvalue weighted by molar-refractivity contribution is 0.415. The third-order valence-electron chi connectivity index (χ3n) is 3.31. The molecule has 0 radical (unpaired) electrons. The van der Waals surface area contributed by atoms with Crippen LogP contribution < -0.4 is 4.74 Å². The van der Waals surface area contributed by atoms with Gasteiger partial charge >= 0.3 is 0 Å². The zero-order valence-electron chi connectivity index (χ0n) is 10.3. The molecule has 0 unspecified atom stereocenters. The summed E-state index contributed by atoms with van der Waals surface area (Å²) in [6, 6.07) is 13.8. The highest BCUT2D eigenvalue weighted by molar-refractivity contribution is 6.05. The highest BCUT2D eigenvalue weighted by Gasteiger charge is 2.08. The predicted molar refractivity (Wildman–Crippen MR) is 75.5 cm³/mol. The Bertz CT molecular complexity index is 911. The van der Waals surface area contributed by atoms with Crippen molar-refractivity contribution < 1.29 is 4.74 Å². The number of benzene rings is 2. The maximum Gasteiger partial charge on any atom is 0.157 e. The number of aromatic amines is 1. The second-order valence-electron chi connectivity index (χ2n) is 4.45. The van der Waals surface area contributed by atoms with Crippen LogP contribution in [0.15, 0.2) is 42.5 Å². The van der Waals surface area contributed by atoms with Crippen LogP contribution in [0.2, 0.25) is 0 Å². The van der Waals surface area contributed by atoms with Gasteiger partial charge in [-0.3, -0.25) is 0 Å². The Morgan fingerprint density at radius 2 is 1.89 bits per heavy atom. The summed E-state index contributed by atoms with van der Waals surface area (Å²) in [4.78, 5) is 12.6. The molecule has 4 aromatic rings. The Kier molecular flexibility index (Phi) is 2.00. The number of fused-ring (bicyclic) bond motifs is 4. The molecule has 0 spiro atoms. The van der Waals surface area contributed by atoms with Crippen molar-refractivity contribution in [3.63, 3.8) is 0 Å². The van der Waals surface area contributed by atoms with E-state index < -0.39 is 0 Å². The average molecular weight is 249 g/mol. The fourth-order valence-electron chi connectivity index (χ4n) is 2.36. The van der Waals surface area contributed by atoms with Crippen molar-refractivity contribution in [1.29, 1.82) is 0 Å². The quantitative estimate of drug-likeness (QED) is 0.563. The van der Waals surface area contributed by atoms with Gasteiger partial charge < -0.3 is 9.72 Å².